The first kappa shape index (κ1) is 17.0. The van der Waals surface area contributed by atoms with Gasteiger partial charge in [0.1, 0.15) is 11.7 Å². The lowest BCUT2D eigenvalue weighted by atomic mass is 10.2. The lowest BCUT2D eigenvalue weighted by molar-refractivity contribution is -0.131. The number of aromatic nitrogens is 2. The molecule has 0 saturated heterocycles. The fourth-order valence-corrected chi connectivity index (χ4v) is 2.45. The number of hydrogen-bond acceptors (Lipinski definition) is 3. The minimum atomic E-state index is -0.623. The molecular formula is C17H24N4O2. The van der Waals surface area contributed by atoms with Crippen molar-refractivity contribution >= 4 is 11.8 Å². The van der Waals surface area contributed by atoms with Crippen molar-refractivity contribution in [2.45, 2.75) is 31.7 Å². The smallest absolute Gasteiger partial charge is 0.270 e. The lowest BCUT2D eigenvalue weighted by Crippen LogP contribution is -2.47. The fraction of sp³-hybridized carbons (Fsp3) is 0.471. The predicted octanol–water partition coefficient (Wildman–Crippen LogP) is 1.62. The Morgan fingerprint density at radius 3 is 2.57 bits per heavy atom. The van der Waals surface area contributed by atoms with Crippen LogP contribution in [0, 0.1) is 0 Å². The van der Waals surface area contributed by atoms with Crippen molar-refractivity contribution in [2.75, 3.05) is 13.1 Å². The number of hydrogen-bond donors (Lipinski definition) is 1. The summed E-state index contributed by atoms with van der Waals surface area (Å²) < 4.78 is 1.57. The van der Waals surface area contributed by atoms with Gasteiger partial charge < -0.3 is 10.2 Å². The van der Waals surface area contributed by atoms with Crippen molar-refractivity contribution in [3.63, 3.8) is 0 Å². The quantitative estimate of drug-likeness (QED) is 0.741. The van der Waals surface area contributed by atoms with E-state index < -0.39 is 6.04 Å². The van der Waals surface area contributed by atoms with E-state index in [9.17, 15) is 9.59 Å². The van der Waals surface area contributed by atoms with Crippen LogP contribution in [0.25, 0.3) is 0 Å². The average Bonchev–Trinajstić information content (AvgIpc) is 3.29. The van der Waals surface area contributed by atoms with Gasteiger partial charge in [-0.1, -0.05) is 12.2 Å². The number of carbonyl (C=O) groups is 2. The van der Waals surface area contributed by atoms with E-state index in [4.69, 9.17) is 0 Å². The molecule has 0 radical (unpaired) electrons. The molecule has 23 heavy (non-hydrogen) atoms. The summed E-state index contributed by atoms with van der Waals surface area (Å²) in [6.45, 7) is 9.80. The second kappa shape index (κ2) is 7.26. The molecule has 124 valence electrons. The highest BCUT2D eigenvalue weighted by molar-refractivity contribution is 5.96. The van der Waals surface area contributed by atoms with E-state index in [1.807, 2.05) is 6.07 Å². The number of nitrogens with zero attached hydrogens (tertiary/aromatic N) is 3. The molecule has 1 N–H and O–H groups in total. The zero-order chi connectivity index (χ0) is 17.0. The highest BCUT2D eigenvalue weighted by Gasteiger charge is 2.29. The van der Waals surface area contributed by atoms with Crippen LogP contribution in [0.1, 0.15) is 41.9 Å². The topological polar surface area (TPSA) is 67.2 Å². The van der Waals surface area contributed by atoms with Gasteiger partial charge in [0.25, 0.3) is 5.91 Å². The molecule has 1 saturated carbocycles. The highest BCUT2D eigenvalue weighted by atomic mass is 16.2. The van der Waals surface area contributed by atoms with Gasteiger partial charge >= 0.3 is 0 Å². The second-order valence-electron chi connectivity index (χ2n) is 5.87. The largest absolute Gasteiger partial charge is 0.339 e. The van der Waals surface area contributed by atoms with Crippen molar-refractivity contribution in [1.82, 2.24) is 20.0 Å². The summed E-state index contributed by atoms with van der Waals surface area (Å²) in [4.78, 5) is 26.4. The van der Waals surface area contributed by atoms with Crippen LogP contribution < -0.4 is 5.32 Å². The monoisotopic (exact) mass is 316 g/mol. The first-order valence-electron chi connectivity index (χ1n) is 7.83. The Labute approximate surface area is 136 Å². The maximum Gasteiger partial charge on any atom is 0.270 e. The molecule has 6 nitrogen and oxygen atoms in total. The molecular weight excluding hydrogens is 292 g/mol. The Morgan fingerprint density at radius 1 is 1.43 bits per heavy atom. The van der Waals surface area contributed by atoms with E-state index in [0.29, 0.717) is 24.7 Å². The van der Waals surface area contributed by atoms with E-state index in [1.165, 1.54) is 0 Å². The van der Waals surface area contributed by atoms with Crippen LogP contribution in [0.2, 0.25) is 0 Å². The van der Waals surface area contributed by atoms with Gasteiger partial charge in [-0.2, -0.15) is 5.10 Å². The van der Waals surface area contributed by atoms with Gasteiger partial charge in [-0.15, -0.1) is 13.2 Å². The maximum atomic E-state index is 12.4. The number of carbonyl (C=O) groups excluding carboxylic acids is 2. The molecule has 1 heterocycles. The molecule has 0 spiro atoms. The van der Waals surface area contributed by atoms with E-state index in [2.05, 4.69) is 23.6 Å². The minimum Gasteiger partial charge on any atom is -0.339 e. The average molecular weight is 316 g/mol. The summed E-state index contributed by atoms with van der Waals surface area (Å²) in [5.41, 5.74) is 1.43. The van der Waals surface area contributed by atoms with Gasteiger partial charge in [-0.25, -0.2) is 0 Å². The van der Waals surface area contributed by atoms with Crippen molar-refractivity contribution in [3.8, 4) is 0 Å². The van der Waals surface area contributed by atoms with E-state index >= 15 is 0 Å². The first-order chi connectivity index (χ1) is 11.0. The molecule has 1 atom stereocenters. The van der Waals surface area contributed by atoms with Crippen molar-refractivity contribution in [2.24, 2.45) is 7.05 Å². The molecule has 1 aliphatic carbocycles. The summed E-state index contributed by atoms with van der Waals surface area (Å²) in [6, 6.07) is 1.19. The Balaban J connectivity index is 2.01. The molecule has 0 bridgehead atoms. The molecule has 1 aliphatic rings. The Hall–Kier alpha value is -2.37. The normalized spacial score (nSPS) is 14.9. The Kier molecular flexibility index (Phi) is 5.36. The number of nitrogens with one attached hydrogen (secondary N) is 1. The molecule has 1 aromatic rings. The SMILES string of the molecule is C=CCN(CC=C)C(=O)C(C)NC(=O)c1cc(C2CC2)nn1C. The molecule has 1 aromatic heterocycles. The molecule has 2 rings (SSSR count). The van der Waals surface area contributed by atoms with Gasteiger partial charge in [0.2, 0.25) is 5.91 Å². The zero-order valence-corrected chi connectivity index (χ0v) is 13.8. The summed E-state index contributed by atoms with van der Waals surface area (Å²) >= 11 is 0. The van der Waals surface area contributed by atoms with Gasteiger partial charge in [0.15, 0.2) is 0 Å². The van der Waals surface area contributed by atoms with E-state index in [0.717, 1.165) is 18.5 Å². The van der Waals surface area contributed by atoms with Crippen LogP contribution in [0.5, 0.6) is 0 Å². The zero-order valence-electron chi connectivity index (χ0n) is 13.8. The highest BCUT2D eigenvalue weighted by Crippen LogP contribution is 2.39. The molecule has 1 fully saturated rings. The summed E-state index contributed by atoms with van der Waals surface area (Å²) in [6.07, 6.45) is 5.56. The van der Waals surface area contributed by atoms with Crippen molar-refractivity contribution in [3.05, 3.63) is 42.8 Å². The van der Waals surface area contributed by atoms with Crippen molar-refractivity contribution < 1.29 is 9.59 Å². The third kappa shape index (κ3) is 4.09. The molecule has 0 aliphatic heterocycles. The molecule has 1 unspecified atom stereocenters. The summed E-state index contributed by atoms with van der Waals surface area (Å²) in [5.74, 6) is 0.0325. The van der Waals surface area contributed by atoms with Crippen LogP contribution in [-0.2, 0) is 11.8 Å². The lowest BCUT2D eigenvalue weighted by Gasteiger charge is -2.23. The van der Waals surface area contributed by atoms with Crippen LogP contribution in [-0.4, -0.2) is 45.6 Å². The number of amides is 2. The van der Waals surface area contributed by atoms with Crippen LogP contribution in [0.3, 0.4) is 0 Å². The van der Waals surface area contributed by atoms with Gasteiger partial charge in [-0.05, 0) is 25.8 Å². The summed E-state index contributed by atoms with van der Waals surface area (Å²) in [5, 5.41) is 7.12. The third-order valence-electron chi connectivity index (χ3n) is 3.86. The number of rotatable bonds is 8. The van der Waals surface area contributed by atoms with Crippen LogP contribution >= 0.6 is 0 Å². The van der Waals surface area contributed by atoms with Gasteiger partial charge in [0.05, 0.1) is 5.69 Å². The van der Waals surface area contributed by atoms with E-state index in [-0.39, 0.29) is 11.8 Å². The fourth-order valence-electron chi connectivity index (χ4n) is 2.45. The standard InChI is InChI=1S/C17H24N4O2/c1-5-9-21(10-6-2)17(23)12(3)18-16(22)15-11-14(13-7-8-13)19-20(15)4/h5-6,11-13H,1-2,7-10H2,3-4H3,(H,18,22). The Bertz CT molecular complexity index is 606. The second-order valence-corrected chi connectivity index (χ2v) is 5.87. The Morgan fingerprint density at radius 2 is 2.04 bits per heavy atom. The molecule has 6 heteroatoms. The molecule has 2 amide bonds. The minimum absolute atomic E-state index is 0.164. The van der Waals surface area contributed by atoms with Crippen LogP contribution in [0.15, 0.2) is 31.4 Å². The van der Waals surface area contributed by atoms with Crippen LogP contribution in [0.4, 0.5) is 0 Å². The summed E-state index contributed by atoms with van der Waals surface area (Å²) in [7, 11) is 1.75. The van der Waals surface area contributed by atoms with Crippen molar-refractivity contribution in [1.29, 1.82) is 0 Å². The number of aryl methyl sites for hydroxylation is 1. The maximum absolute atomic E-state index is 12.4. The van der Waals surface area contributed by atoms with Gasteiger partial charge in [-0.3, -0.25) is 14.3 Å². The molecule has 0 aromatic carbocycles. The predicted molar refractivity (Wildman–Crippen MR) is 89.1 cm³/mol. The van der Waals surface area contributed by atoms with E-state index in [1.54, 1.807) is 35.7 Å². The van der Waals surface area contributed by atoms with Gasteiger partial charge in [0, 0.05) is 26.1 Å². The first-order valence-corrected chi connectivity index (χ1v) is 7.83. The third-order valence-corrected chi connectivity index (χ3v) is 3.86.